The fourth-order valence-electron chi connectivity index (χ4n) is 1.95. The Hall–Kier alpha value is -3.13. The van der Waals surface area contributed by atoms with E-state index in [0.717, 1.165) is 11.1 Å². The third kappa shape index (κ3) is 4.97. The van der Waals surface area contributed by atoms with Gasteiger partial charge in [-0.3, -0.25) is 4.79 Å². The van der Waals surface area contributed by atoms with Gasteiger partial charge in [-0.25, -0.2) is 4.79 Å². The minimum absolute atomic E-state index is 0.223. The minimum atomic E-state index is -0.556. The van der Waals surface area contributed by atoms with Gasteiger partial charge in [0.2, 0.25) is 0 Å². The van der Waals surface area contributed by atoms with Crippen molar-refractivity contribution in [3.05, 3.63) is 60.2 Å². The van der Waals surface area contributed by atoms with Crippen LogP contribution in [0.15, 0.2) is 54.6 Å². The van der Waals surface area contributed by atoms with E-state index in [-0.39, 0.29) is 19.6 Å². The van der Waals surface area contributed by atoms with Crippen molar-refractivity contribution in [2.75, 3.05) is 13.2 Å². The van der Waals surface area contributed by atoms with Crippen molar-refractivity contribution in [2.24, 2.45) is 0 Å². The van der Waals surface area contributed by atoms with Gasteiger partial charge in [-0.1, -0.05) is 42.5 Å². The van der Waals surface area contributed by atoms with Gasteiger partial charge in [-0.05, 0) is 23.3 Å². The van der Waals surface area contributed by atoms with Gasteiger partial charge in [0.1, 0.15) is 0 Å². The summed E-state index contributed by atoms with van der Waals surface area (Å²) >= 11 is 0. The van der Waals surface area contributed by atoms with Crippen LogP contribution in [0.25, 0.3) is 11.1 Å². The molecule has 0 aliphatic heterocycles. The van der Waals surface area contributed by atoms with Crippen molar-refractivity contribution in [1.82, 2.24) is 5.32 Å². The molecule has 0 aliphatic carbocycles. The summed E-state index contributed by atoms with van der Waals surface area (Å²) in [5.74, 6) is -0.977. The summed E-state index contributed by atoms with van der Waals surface area (Å²) in [4.78, 5) is 23.3. The fraction of sp³-hybridized carbons (Fsp3) is 0.167. The van der Waals surface area contributed by atoms with Crippen LogP contribution in [0.3, 0.4) is 0 Å². The molecular formula is C18H16N2O3. The largest absolute Gasteiger partial charge is 0.452 e. The highest BCUT2D eigenvalue weighted by Gasteiger charge is 2.10. The summed E-state index contributed by atoms with van der Waals surface area (Å²) in [6.07, 6.45) is 0.223. The SMILES string of the molecule is N#CCCNC(=O)COC(=O)c1ccc(-c2ccccc2)cc1. The molecule has 23 heavy (non-hydrogen) atoms. The molecule has 1 amide bonds. The molecule has 0 saturated carbocycles. The Labute approximate surface area is 134 Å². The highest BCUT2D eigenvalue weighted by Crippen LogP contribution is 2.19. The predicted molar refractivity (Wildman–Crippen MR) is 85.4 cm³/mol. The van der Waals surface area contributed by atoms with Crippen LogP contribution in [0.5, 0.6) is 0 Å². The molecule has 1 N–H and O–H groups in total. The Kier molecular flexibility index (Phi) is 5.89. The summed E-state index contributed by atoms with van der Waals surface area (Å²) in [5, 5.41) is 10.8. The van der Waals surface area contributed by atoms with Crippen LogP contribution in [0.1, 0.15) is 16.8 Å². The Bertz CT molecular complexity index is 703. The zero-order chi connectivity index (χ0) is 16.5. The van der Waals surface area contributed by atoms with Crippen molar-refractivity contribution in [3.8, 4) is 17.2 Å². The number of hydrogen-bond acceptors (Lipinski definition) is 4. The summed E-state index contributed by atoms with van der Waals surface area (Å²) in [6.45, 7) is -0.108. The van der Waals surface area contributed by atoms with Crippen molar-refractivity contribution < 1.29 is 14.3 Å². The molecule has 0 aliphatic rings. The predicted octanol–water partition coefficient (Wildman–Crippen LogP) is 2.54. The summed E-state index contributed by atoms with van der Waals surface area (Å²) in [5.41, 5.74) is 2.44. The molecule has 0 bridgehead atoms. The van der Waals surface area contributed by atoms with E-state index in [1.807, 2.05) is 48.5 Å². The fourth-order valence-corrected chi connectivity index (χ4v) is 1.95. The quantitative estimate of drug-likeness (QED) is 0.657. The first-order chi connectivity index (χ1) is 11.2. The monoisotopic (exact) mass is 308 g/mol. The zero-order valence-electron chi connectivity index (χ0n) is 12.5. The highest BCUT2D eigenvalue weighted by molar-refractivity contribution is 5.91. The first-order valence-electron chi connectivity index (χ1n) is 7.17. The van der Waals surface area contributed by atoms with Crippen molar-refractivity contribution in [1.29, 1.82) is 5.26 Å². The third-order valence-corrected chi connectivity index (χ3v) is 3.12. The molecule has 116 valence electrons. The van der Waals surface area contributed by atoms with Gasteiger partial charge in [-0.2, -0.15) is 5.26 Å². The molecule has 0 saturated heterocycles. The Balaban J connectivity index is 1.88. The Morgan fingerprint density at radius 1 is 1.00 bits per heavy atom. The van der Waals surface area contributed by atoms with Crippen molar-refractivity contribution >= 4 is 11.9 Å². The molecule has 0 unspecified atom stereocenters. The van der Waals surface area contributed by atoms with Gasteiger partial charge in [0.05, 0.1) is 18.1 Å². The van der Waals surface area contributed by atoms with Crippen molar-refractivity contribution in [3.63, 3.8) is 0 Å². The van der Waals surface area contributed by atoms with Crippen LogP contribution in [0.4, 0.5) is 0 Å². The molecule has 5 heteroatoms. The van der Waals surface area contributed by atoms with Gasteiger partial charge in [0, 0.05) is 6.54 Å². The number of nitriles is 1. The number of carbonyl (C=O) groups excluding carboxylic acids is 2. The number of ether oxygens (including phenoxy) is 1. The van der Waals surface area contributed by atoms with Crippen LogP contribution < -0.4 is 5.32 Å². The van der Waals surface area contributed by atoms with Gasteiger partial charge >= 0.3 is 5.97 Å². The lowest BCUT2D eigenvalue weighted by Gasteiger charge is -2.06. The number of carbonyl (C=O) groups is 2. The second-order valence-corrected chi connectivity index (χ2v) is 4.78. The number of nitrogens with zero attached hydrogens (tertiary/aromatic N) is 1. The maximum Gasteiger partial charge on any atom is 0.338 e. The van der Waals surface area contributed by atoms with E-state index in [1.165, 1.54) is 0 Å². The van der Waals surface area contributed by atoms with E-state index < -0.39 is 11.9 Å². The number of hydrogen-bond donors (Lipinski definition) is 1. The minimum Gasteiger partial charge on any atom is -0.452 e. The number of amides is 1. The number of nitrogens with one attached hydrogen (secondary N) is 1. The van der Waals surface area contributed by atoms with Crippen LogP contribution >= 0.6 is 0 Å². The Morgan fingerprint density at radius 2 is 1.65 bits per heavy atom. The molecule has 2 rings (SSSR count). The van der Waals surface area contributed by atoms with Crippen LogP contribution in [0.2, 0.25) is 0 Å². The molecule has 2 aromatic rings. The lowest BCUT2D eigenvalue weighted by molar-refractivity contribution is -0.124. The van der Waals surface area contributed by atoms with E-state index >= 15 is 0 Å². The smallest absolute Gasteiger partial charge is 0.338 e. The Morgan fingerprint density at radius 3 is 2.30 bits per heavy atom. The molecule has 0 atom stereocenters. The molecule has 0 aromatic heterocycles. The summed E-state index contributed by atoms with van der Waals surface area (Å²) < 4.78 is 4.93. The van der Waals surface area contributed by atoms with Gasteiger partial charge in [0.15, 0.2) is 6.61 Å². The number of rotatable bonds is 6. The van der Waals surface area contributed by atoms with Crippen LogP contribution in [-0.4, -0.2) is 25.0 Å². The van der Waals surface area contributed by atoms with E-state index in [4.69, 9.17) is 10.00 Å². The van der Waals surface area contributed by atoms with E-state index in [1.54, 1.807) is 12.1 Å². The maximum atomic E-state index is 11.9. The number of benzene rings is 2. The lowest BCUT2D eigenvalue weighted by Crippen LogP contribution is -2.29. The second-order valence-electron chi connectivity index (χ2n) is 4.78. The molecular weight excluding hydrogens is 292 g/mol. The molecule has 0 heterocycles. The van der Waals surface area contributed by atoms with Gasteiger partial charge in [-0.15, -0.1) is 0 Å². The van der Waals surface area contributed by atoms with E-state index in [9.17, 15) is 9.59 Å². The van der Waals surface area contributed by atoms with Crippen molar-refractivity contribution in [2.45, 2.75) is 6.42 Å². The number of esters is 1. The molecule has 0 spiro atoms. The van der Waals surface area contributed by atoms with E-state index in [0.29, 0.717) is 5.56 Å². The topological polar surface area (TPSA) is 79.2 Å². The summed E-state index contributed by atoms with van der Waals surface area (Å²) in [7, 11) is 0. The third-order valence-electron chi connectivity index (χ3n) is 3.12. The van der Waals surface area contributed by atoms with Crippen LogP contribution in [-0.2, 0) is 9.53 Å². The molecule has 5 nitrogen and oxygen atoms in total. The molecule has 0 radical (unpaired) electrons. The average Bonchev–Trinajstić information content (AvgIpc) is 2.61. The second kappa shape index (κ2) is 8.35. The molecule has 2 aromatic carbocycles. The standard InChI is InChI=1S/C18H16N2O3/c19-11-4-12-20-17(21)13-23-18(22)16-9-7-15(8-10-16)14-5-2-1-3-6-14/h1-3,5-10H,4,12-13H2,(H,20,21). The first-order valence-corrected chi connectivity index (χ1v) is 7.17. The van der Waals surface area contributed by atoms with E-state index in [2.05, 4.69) is 5.32 Å². The average molecular weight is 308 g/mol. The molecule has 0 fully saturated rings. The normalized spacial score (nSPS) is 9.70. The van der Waals surface area contributed by atoms with Crippen LogP contribution in [0, 0.1) is 11.3 Å². The lowest BCUT2D eigenvalue weighted by atomic mass is 10.0. The first kappa shape index (κ1) is 16.2. The van der Waals surface area contributed by atoms with Gasteiger partial charge in [0.25, 0.3) is 5.91 Å². The zero-order valence-corrected chi connectivity index (χ0v) is 12.5. The summed E-state index contributed by atoms with van der Waals surface area (Å²) in [6, 6.07) is 18.7. The van der Waals surface area contributed by atoms with Gasteiger partial charge < -0.3 is 10.1 Å². The highest BCUT2D eigenvalue weighted by atomic mass is 16.5. The maximum absolute atomic E-state index is 11.9.